The highest BCUT2D eigenvalue weighted by Crippen LogP contribution is 2.46. The van der Waals surface area contributed by atoms with E-state index in [0.717, 1.165) is 29.5 Å². The molecule has 6 heteroatoms. The van der Waals surface area contributed by atoms with Crippen LogP contribution in [0.5, 0.6) is 17.2 Å². The van der Waals surface area contributed by atoms with Crippen LogP contribution in [0.4, 0.5) is 0 Å². The fourth-order valence-corrected chi connectivity index (χ4v) is 3.07. The van der Waals surface area contributed by atoms with Gasteiger partial charge in [0, 0.05) is 11.1 Å². The number of esters is 1. The summed E-state index contributed by atoms with van der Waals surface area (Å²) < 4.78 is 21.9. The highest BCUT2D eigenvalue weighted by molar-refractivity contribution is 5.94. The second-order valence-corrected chi connectivity index (χ2v) is 6.64. The van der Waals surface area contributed by atoms with Gasteiger partial charge >= 0.3 is 5.97 Å². The topological polar surface area (TPSA) is 74.2 Å². The number of rotatable bonds is 6. The minimum Gasteiger partial charge on any atom is -0.493 e. The molecule has 6 nitrogen and oxygen atoms in total. The van der Waals surface area contributed by atoms with Crippen molar-refractivity contribution in [3.05, 3.63) is 41.5 Å². The van der Waals surface area contributed by atoms with E-state index in [1.807, 2.05) is 24.3 Å². The first-order valence-corrected chi connectivity index (χ1v) is 8.45. The van der Waals surface area contributed by atoms with Crippen molar-refractivity contribution in [2.45, 2.75) is 25.0 Å². The van der Waals surface area contributed by atoms with Gasteiger partial charge in [0.25, 0.3) is 0 Å². The van der Waals surface area contributed by atoms with E-state index in [-0.39, 0.29) is 19.2 Å². The molecule has 1 saturated carbocycles. The fraction of sp³-hybridized carbons (Fsp3) is 0.350. The number of methoxy groups -OCH3 is 2. The van der Waals surface area contributed by atoms with Gasteiger partial charge in [-0.1, -0.05) is 6.07 Å². The number of cyclic esters (lactones) is 1. The Labute approximate surface area is 151 Å². The minimum atomic E-state index is -0.760. The van der Waals surface area contributed by atoms with Crippen LogP contribution in [-0.4, -0.2) is 37.5 Å². The molecule has 2 aromatic carbocycles. The minimum absolute atomic E-state index is 0.191. The standard InChI is InChI=1S/C20H20O6/c1-23-16-6-5-14(12-3-4-15-13(9-12)10-25-19(15)21)17(18(16)24-2)26-11-20(22)7-8-20/h3-6,9,22H,7-8,10-11H2,1-2H3. The summed E-state index contributed by atoms with van der Waals surface area (Å²) in [6.45, 7) is 0.460. The average Bonchev–Trinajstić information content (AvgIpc) is 3.29. The van der Waals surface area contributed by atoms with Gasteiger partial charge < -0.3 is 24.1 Å². The van der Waals surface area contributed by atoms with Crippen LogP contribution in [0.1, 0.15) is 28.8 Å². The summed E-state index contributed by atoms with van der Waals surface area (Å²) in [7, 11) is 3.11. The van der Waals surface area contributed by atoms with E-state index < -0.39 is 5.60 Å². The van der Waals surface area contributed by atoms with Crippen molar-refractivity contribution in [3.8, 4) is 28.4 Å². The Morgan fingerprint density at radius 1 is 1.08 bits per heavy atom. The average molecular weight is 356 g/mol. The SMILES string of the molecule is COc1ccc(-c2ccc3c(c2)COC3=O)c(OCC2(O)CC2)c1OC. The number of fused-ring (bicyclic) bond motifs is 1. The zero-order valence-electron chi connectivity index (χ0n) is 14.7. The molecule has 4 rings (SSSR count). The van der Waals surface area contributed by atoms with Crippen LogP contribution in [0.2, 0.25) is 0 Å². The number of carbonyl (C=O) groups is 1. The van der Waals surface area contributed by atoms with Crippen molar-refractivity contribution in [3.63, 3.8) is 0 Å². The first kappa shape index (κ1) is 16.7. The Kier molecular flexibility index (Phi) is 4.00. The number of carbonyl (C=O) groups excluding carboxylic acids is 1. The van der Waals surface area contributed by atoms with E-state index in [1.54, 1.807) is 20.3 Å². The molecule has 0 radical (unpaired) electrons. The molecule has 2 aromatic rings. The number of hydrogen-bond donors (Lipinski definition) is 1. The fourth-order valence-electron chi connectivity index (χ4n) is 3.07. The Morgan fingerprint density at radius 2 is 1.85 bits per heavy atom. The number of aliphatic hydroxyl groups is 1. The lowest BCUT2D eigenvalue weighted by Crippen LogP contribution is -2.19. The smallest absolute Gasteiger partial charge is 0.338 e. The van der Waals surface area contributed by atoms with E-state index in [2.05, 4.69) is 0 Å². The normalized spacial score (nSPS) is 16.7. The van der Waals surface area contributed by atoms with Crippen molar-refractivity contribution in [2.24, 2.45) is 0 Å². The zero-order chi connectivity index (χ0) is 18.3. The summed E-state index contributed by atoms with van der Waals surface area (Å²) >= 11 is 0. The van der Waals surface area contributed by atoms with E-state index in [1.165, 1.54) is 0 Å². The maximum atomic E-state index is 11.7. The lowest BCUT2D eigenvalue weighted by molar-refractivity contribution is 0.0535. The molecule has 1 aliphatic heterocycles. The number of benzene rings is 2. The molecule has 26 heavy (non-hydrogen) atoms. The van der Waals surface area contributed by atoms with Crippen LogP contribution in [0.3, 0.4) is 0 Å². The first-order chi connectivity index (χ1) is 12.5. The highest BCUT2D eigenvalue weighted by atomic mass is 16.5. The quantitative estimate of drug-likeness (QED) is 0.802. The van der Waals surface area contributed by atoms with Gasteiger partial charge in [0.1, 0.15) is 13.2 Å². The molecule has 1 aliphatic carbocycles. The summed E-state index contributed by atoms with van der Waals surface area (Å²) in [4.78, 5) is 11.7. The molecule has 0 atom stereocenters. The number of hydrogen-bond acceptors (Lipinski definition) is 6. The van der Waals surface area contributed by atoms with Gasteiger partial charge in [-0.2, -0.15) is 0 Å². The van der Waals surface area contributed by atoms with Crippen LogP contribution < -0.4 is 14.2 Å². The van der Waals surface area contributed by atoms with Crippen molar-refractivity contribution in [1.82, 2.24) is 0 Å². The van der Waals surface area contributed by atoms with Crippen LogP contribution in [0.25, 0.3) is 11.1 Å². The van der Waals surface area contributed by atoms with Crippen LogP contribution in [0, 0.1) is 0 Å². The third kappa shape index (κ3) is 2.86. The molecule has 0 bridgehead atoms. The van der Waals surface area contributed by atoms with Gasteiger partial charge in [0.15, 0.2) is 11.5 Å². The van der Waals surface area contributed by atoms with E-state index in [4.69, 9.17) is 18.9 Å². The molecule has 1 fully saturated rings. The maximum absolute atomic E-state index is 11.7. The molecular weight excluding hydrogens is 336 g/mol. The zero-order valence-corrected chi connectivity index (χ0v) is 14.7. The molecule has 2 aliphatic rings. The van der Waals surface area contributed by atoms with Crippen LogP contribution >= 0.6 is 0 Å². The van der Waals surface area contributed by atoms with Gasteiger partial charge in [-0.25, -0.2) is 4.79 Å². The molecule has 0 aromatic heterocycles. The van der Waals surface area contributed by atoms with Crippen LogP contribution in [-0.2, 0) is 11.3 Å². The largest absolute Gasteiger partial charge is 0.493 e. The van der Waals surface area contributed by atoms with Gasteiger partial charge in [-0.3, -0.25) is 0 Å². The third-order valence-corrected chi connectivity index (χ3v) is 4.81. The Balaban J connectivity index is 1.78. The van der Waals surface area contributed by atoms with Crippen molar-refractivity contribution >= 4 is 5.97 Å². The second kappa shape index (κ2) is 6.21. The van der Waals surface area contributed by atoms with Gasteiger partial charge in [0.05, 0.1) is 25.4 Å². The lowest BCUT2D eigenvalue weighted by atomic mass is 9.99. The molecule has 0 saturated heterocycles. The molecule has 0 amide bonds. The summed E-state index contributed by atoms with van der Waals surface area (Å²) in [6, 6.07) is 9.22. The summed E-state index contributed by atoms with van der Waals surface area (Å²) in [5.74, 6) is 1.24. The molecule has 0 unspecified atom stereocenters. The first-order valence-electron chi connectivity index (χ1n) is 8.45. The highest BCUT2D eigenvalue weighted by Gasteiger charge is 2.41. The Bertz CT molecular complexity index is 869. The summed E-state index contributed by atoms with van der Waals surface area (Å²) in [6.07, 6.45) is 1.46. The molecule has 0 spiro atoms. The molecular formula is C20H20O6. The molecule has 136 valence electrons. The van der Waals surface area contributed by atoms with E-state index in [9.17, 15) is 9.90 Å². The third-order valence-electron chi connectivity index (χ3n) is 4.81. The maximum Gasteiger partial charge on any atom is 0.338 e. The van der Waals surface area contributed by atoms with Gasteiger partial charge in [-0.15, -0.1) is 0 Å². The van der Waals surface area contributed by atoms with E-state index >= 15 is 0 Å². The monoisotopic (exact) mass is 356 g/mol. The Hall–Kier alpha value is -2.73. The molecule has 1 heterocycles. The van der Waals surface area contributed by atoms with Crippen molar-refractivity contribution in [1.29, 1.82) is 0 Å². The van der Waals surface area contributed by atoms with Crippen molar-refractivity contribution < 1.29 is 28.8 Å². The van der Waals surface area contributed by atoms with Crippen LogP contribution in [0.15, 0.2) is 30.3 Å². The number of ether oxygens (including phenoxy) is 4. The predicted octanol–water partition coefficient (Wildman–Crippen LogP) is 2.94. The Morgan fingerprint density at radius 3 is 2.54 bits per heavy atom. The van der Waals surface area contributed by atoms with Gasteiger partial charge in [0.2, 0.25) is 5.75 Å². The molecule has 1 N–H and O–H groups in total. The predicted molar refractivity (Wildman–Crippen MR) is 93.8 cm³/mol. The van der Waals surface area contributed by atoms with E-state index in [0.29, 0.717) is 22.8 Å². The summed E-state index contributed by atoms with van der Waals surface area (Å²) in [5.41, 5.74) is 2.34. The van der Waals surface area contributed by atoms with Gasteiger partial charge in [-0.05, 0) is 42.7 Å². The lowest BCUT2D eigenvalue weighted by Gasteiger charge is -2.19. The van der Waals surface area contributed by atoms with Crippen molar-refractivity contribution in [2.75, 3.05) is 20.8 Å². The second-order valence-electron chi connectivity index (χ2n) is 6.64. The summed E-state index contributed by atoms with van der Waals surface area (Å²) in [5, 5.41) is 10.1.